The molecule has 2 aliphatic heterocycles. The number of carbonyl (C=O) groups is 1. The first-order valence-electron chi connectivity index (χ1n) is 8.60. The van der Waals surface area contributed by atoms with Gasteiger partial charge < -0.3 is 15.5 Å². The summed E-state index contributed by atoms with van der Waals surface area (Å²) in [4.78, 5) is 16.1. The minimum atomic E-state index is -0.0390. The molecule has 5 heteroatoms. The molecular formula is C18H27N3OS. The van der Waals surface area contributed by atoms with Crippen LogP contribution in [0.4, 0.5) is 4.79 Å². The van der Waals surface area contributed by atoms with Crippen LogP contribution in [0.2, 0.25) is 0 Å². The van der Waals surface area contributed by atoms with Gasteiger partial charge in [0.1, 0.15) is 0 Å². The van der Waals surface area contributed by atoms with E-state index in [9.17, 15) is 4.79 Å². The van der Waals surface area contributed by atoms with Gasteiger partial charge in [-0.1, -0.05) is 12.1 Å². The van der Waals surface area contributed by atoms with Crippen LogP contribution in [0.1, 0.15) is 44.2 Å². The van der Waals surface area contributed by atoms with Crippen molar-refractivity contribution in [2.24, 2.45) is 0 Å². The number of nitrogens with zero attached hydrogens (tertiary/aromatic N) is 1. The van der Waals surface area contributed by atoms with Crippen LogP contribution in [0, 0.1) is 0 Å². The second-order valence-corrected chi connectivity index (χ2v) is 7.55. The molecule has 2 heterocycles. The summed E-state index contributed by atoms with van der Waals surface area (Å²) in [6, 6.07) is 9.38. The number of benzene rings is 1. The van der Waals surface area contributed by atoms with Crippen LogP contribution in [0.3, 0.4) is 0 Å². The van der Waals surface area contributed by atoms with Crippen molar-refractivity contribution >= 4 is 17.8 Å². The van der Waals surface area contributed by atoms with Gasteiger partial charge in [0.15, 0.2) is 0 Å². The first-order valence-corrected chi connectivity index (χ1v) is 9.83. The van der Waals surface area contributed by atoms with E-state index in [1.807, 2.05) is 6.92 Å². The van der Waals surface area contributed by atoms with E-state index < -0.39 is 0 Å². The van der Waals surface area contributed by atoms with Crippen molar-refractivity contribution in [3.8, 4) is 0 Å². The third-order valence-corrected chi connectivity index (χ3v) is 5.86. The molecule has 126 valence electrons. The molecule has 0 aromatic heterocycles. The Morgan fingerprint density at radius 3 is 2.78 bits per heavy atom. The zero-order valence-corrected chi connectivity index (χ0v) is 14.9. The Morgan fingerprint density at radius 1 is 1.26 bits per heavy atom. The molecular weight excluding hydrogens is 306 g/mol. The van der Waals surface area contributed by atoms with Crippen molar-refractivity contribution in [3.63, 3.8) is 0 Å². The smallest absolute Gasteiger partial charge is 0.315 e. The van der Waals surface area contributed by atoms with E-state index in [2.05, 4.69) is 46.1 Å². The van der Waals surface area contributed by atoms with Crippen molar-refractivity contribution in [1.82, 2.24) is 15.5 Å². The van der Waals surface area contributed by atoms with Crippen LogP contribution < -0.4 is 10.6 Å². The molecule has 0 spiro atoms. The molecule has 23 heavy (non-hydrogen) atoms. The lowest BCUT2D eigenvalue weighted by molar-refractivity contribution is 0.166. The van der Waals surface area contributed by atoms with Gasteiger partial charge in [0.05, 0.1) is 6.04 Å². The quantitative estimate of drug-likeness (QED) is 0.830. The van der Waals surface area contributed by atoms with Gasteiger partial charge in [0, 0.05) is 23.5 Å². The summed E-state index contributed by atoms with van der Waals surface area (Å²) < 4.78 is 0. The second kappa shape index (κ2) is 7.58. The lowest BCUT2D eigenvalue weighted by Gasteiger charge is -2.35. The maximum atomic E-state index is 12.3. The predicted octanol–water partition coefficient (Wildman–Crippen LogP) is 3.40. The molecule has 3 rings (SSSR count). The highest BCUT2D eigenvalue weighted by Gasteiger charge is 2.32. The molecule has 2 saturated heterocycles. The Hall–Kier alpha value is -1.20. The fourth-order valence-corrected chi connectivity index (χ4v) is 4.16. The van der Waals surface area contributed by atoms with Gasteiger partial charge in [0.25, 0.3) is 0 Å². The number of hydrogen-bond acceptors (Lipinski definition) is 3. The van der Waals surface area contributed by atoms with E-state index in [0.717, 1.165) is 24.9 Å². The fraction of sp³-hybridized carbons (Fsp3) is 0.611. The molecule has 2 N–H and O–H groups in total. The van der Waals surface area contributed by atoms with E-state index >= 15 is 0 Å². The van der Waals surface area contributed by atoms with Crippen LogP contribution in [0.25, 0.3) is 0 Å². The van der Waals surface area contributed by atoms with Gasteiger partial charge >= 0.3 is 6.03 Å². The summed E-state index contributed by atoms with van der Waals surface area (Å²) in [6.07, 6.45) is 6.84. The number of rotatable bonds is 4. The molecule has 2 aliphatic rings. The average molecular weight is 334 g/mol. The molecule has 0 saturated carbocycles. The zero-order valence-electron chi connectivity index (χ0n) is 14.0. The van der Waals surface area contributed by atoms with Crippen molar-refractivity contribution in [1.29, 1.82) is 0 Å². The lowest BCUT2D eigenvalue weighted by atomic mass is 9.98. The number of piperidine rings is 1. The van der Waals surface area contributed by atoms with Crippen molar-refractivity contribution in [3.05, 3.63) is 29.8 Å². The van der Waals surface area contributed by atoms with Gasteiger partial charge in [0.2, 0.25) is 0 Å². The van der Waals surface area contributed by atoms with Gasteiger partial charge in [-0.2, -0.15) is 0 Å². The summed E-state index contributed by atoms with van der Waals surface area (Å²) in [6.45, 7) is 4.40. The maximum Gasteiger partial charge on any atom is 0.315 e. The average Bonchev–Trinajstić information content (AvgIpc) is 3.02. The van der Waals surface area contributed by atoms with Gasteiger partial charge in [-0.3, -0.25) is 0 Å². The Labute approximate surface area is 143 Å². The topological polar surface area (TPSA) is 44.4 Å². The summed E-state index contributed by atoms with van der Waals surface area (Å²) in [5.74, 6) is 0. The second-order valence-electron chi connectivity index (χ2n) is 6.67. The number of fused-ring (bicyclic) bond motifs is 1. The minimum absolute atomic E-state index is 0.0254. The Balaban J connectivity index is 1.48. The highest BCUT2D eigenvalue weighted by molar-refractivity contribution is 7.98. The van der Waals surface area contributed by atoms with Crippen LogP contribution in [-0.4, -0.2) is 42.4 Å². The normalized spacial score (nSPS) is 25.7. The van der Waals surface area contributed by atoms with Gasteiger partial charge in [-0.25, -0.2) is 4.79 Å². The summed E-state index contributed by atoms with van der Waals surface area (Å²) in [7, 11) is 0. The Bertz CT molecular complexity index is 534. The number of carbonyl (C=O) groups excluding carboxylic acids is 1. The molecule has 0 radical (unpaired) electrons. The van der Waals surface area contributed by atoms with E-state index in [0.29, 0.717) is 12.1 Å². The maximum absolute atomic E-state index is 12.3. The molecule has 3 atom stereocenters. The van der Waals surface area contributed by atoms with Crippen molar-refractivity contribution in [2.45, 2.75) is 55.6 Å². The molecule has 0 bridgehead atoms. The van der Waals surface area contributed by atoms with Crippen molar-refractivity contribution < 1.29 is 4.79 Å². The highest BCUT2D eigenvalue weighted by Crippen LogP contribution is 2.26. The SMILES string of the molecule is CSc1ccc([C@H](C)NC(=O)N[C@H]2CCN3CCC[C@H]3C2)cc1. The first-order chi connectivity index (χ1) is 11.2. The fourth-order valence-electron chi connectivity index (χ4n) is 3.76. The molecule has 0 aliphatic carbocycles. The Morgan fingerprint density at radius 2 is 2.04 bits per heavy atom. The third-order valence-electron chi connectivity index (χ3n) is 5.12. The van der Waals surface area contributed by atoms with Gasteiger partial charge in [-0.15, -0.1) is 11.8 Å². The summed E-state index contributed by atoms with van der Waals surface area (Å²) in [5.41, 5.74) is 1.14. The highest BCUT2D eigenvalue weighted by atomic mass is 32.2. The Kier molecular flexibility index (Phi) is 5.49. The molecule has 0 unspecified atom stereocenters. The number of hydrogen-bond donors (Lipinski definition) is 2. The van der Waals surface area contributed by atoms with E-state index in [-0.39, 0.29) is 12.1 Å². The monoisotopic (exact) mass is 333 g/mol. The van der Waals surface area contributed by atoms with Crippen LogP contribution in [-0.2, 0) is 0 Å². The first kappa shape index (κ1) is 16.7. The molecule has 2 amide bonds. The van der Waals surface area contributed by atoms with E-state index in [1.165, 1.54) is 24.3 Å². The minimum Gasteiger partial charge on any atom is -0.335 e. The molecule has 2 fully saturated rings. The number of amides is 2. The largest absolute Gasteiger partial charge is 0.335 e. The number of nitrogens with one attached hydrogen (secondary N) is 2. The molecule has 4 nitrogen and oxygen atoms in total. The van der Waals surface area contributed by atoms with Crippen molar-refractivity contribution in [2.75, 3.05) is 19.3 Å². The summed E-state index contributed by atoms with van der Waals surface area (Å²) in [5, 5.41) is 6.24. The summed E-state index contributed by atoms with van der Waals surface area (Å²) >= 11 is 1.73. The van der Waals surface area contributed by atoms with E-state index in [4.69, 9.17) is 0 Å². The van der Waals surface area contributed by atoms with Crippen LogP contribution in [0.5, 0.6) is 0 Å². The lowest BCUT2D eigenvalue weighted by Crippen LogP contribution is -2.50. The number of urea groups is 1. The molecule has 1 aromatic rings. The predicted molar refractivity (Wildman–Crippen MR) is 95.9 cm³/mol. The van der Waals surface area contributed by atoms with E-state index in [1.54, 1.807) is 11.8 Å². The van der Waals surface area contributed by atoms with Crippen LogP contribution in [0.15, 0.2) is 29.2 Å². The molecule has 1 aromatic carbocycles. The number of thioether (sulfide) groups is 1. The zero-order chi connectivity index (χ0) is 16.2. The van der Waals surface area contributed by atoms with Gasteiger partial charge in [-0.05, 0) is 63.1 Å². The standard InChI is InChI=1S/C18H27N3OS/c1-13(14-5-7-17(23-2)8-6-14)19-18(22)20-15-9-11-21-10-3-4-16(21)12-15/h5-8,13,15-16H,3-4,9-12H2,1-2H3,(H2,19,20,22)/t13-,15-,16-/m0/s1. The third kappa shape index (κ3) is 4.21. The van der Waals surface area contributed by atoms with Crippen LogP contribution >= 0.6 is 11.8 Å².